The van der Waals surface area contributed by atoms with E-state index in [4.69, 9.17) is 4.74 Å². The number of benzene rings is 1. The van der Waals surface area contributed by atoms with Gasteiger partial charge in [0, 0.05) is 32.0 Å². The zero-order valence-electron chi connectivity index (χ0n) is 16.4. The molecule has 0 bridgehead atoms. The Morgan fingerprint density at radius 3 is 2.64 bits per heavy atom. The van der Waals surface area contributed by atoms with Crippen LogP contribution in [0.15, 0.2) is 34.2 Å². The van der Waals surface area contributed by atoms with Crippen LogP contribution in [0.4, 0.5) is 0 Å². The summed E-state index contributed by atoms with van der Waals surface area (Å²) in [5.74, 6) is 1.78. The lowest BCUT2D eigenvalue weighted by Gasteiger charge is -2.12. The van der Waals surface area contributed by atoms with Crippen molar-refractivity contribution in [1.29, 1.82) is 0 Å². The standard InChI is InChI=1S/C18H30N4O3S2.HI/c1-3-19-18(20-10-12-26-2)21-13-15-6-8-17(9-7-15)27(23,24)22-14-16-5-4-11-25-16;/h6-9,16,22H,3-5,10-14H2,1-2H3,(H2,19,20,21);1H. The van der Waals surface area contributed by atoms with Gasteiger partial charge in [-0.15, -0.1) is 24.0 Å². The molecule has 2 rings (SSSR count). The van der Waals surface area contributed by atoms with Gasteiger partial charge >= 0.3 is 0 Å². The van der Waals surface area contributed by atoms with Crippen molar-refractivity contribution in [2.75, 3.05) is 38.2 Å². The first kappa shape index (κ1) is 25.5. The molecule has 10 heteroatoms. The van der Waals surface area contributed by atoms with Crippen molar-refractivity contribution < 1.29 is 13.2 Å². The van der Waals surface area contributed by atoms with E-state index < -0.39 is 10.0 Å². The van der Waals surface area contributed by atoms with E-state index in [1.807, 2.05) is 6.92 Å². The van der Waals surface area contributed by atoms with Gasteiger partial charge < -0.3 is 15.4 Å². The summed E-state index contributed by atoms with van der Waals surface area (Å²) in [4.78, 5) is 4.80. The first-order valence-electron chi connectivity index (χ1n) is 9.26. The predicted molar refractivity (Wildman–Crippen MR) is 127 cm³/mol. The van der Waals surface area contributed by atoms with Gasteiger partial charge in [-0.1, -0.05) is 12.1 Å². The Labute approximate surface area is 189 Å². The maximum atomic E-state index is 12.4. The van der Waals surface area contributed by atoms with Crippen LogP contribution >= 0.6 is 35.7 Å². The third kappa shape index (κ3) is 8.85. The minimum Gasteiger partial charge on any atom is -0.377 e. The molecule has 1 saturated heterocycles. The molecule has 0 aromatic heterocycles. The minimum atomic E-state index is -3.51. The molecule has 0 amide bonds. The Balaban J connectivity index is 0.00000392. The molecular weight excluding hydrogens is 511 g/mol. The lowest BCUT2D eigenvalue weighted by molar-refractivity contribution is 0.114. The normalized spacial score (nSPS) is 17.2. The van der Waals surface area contributed by atoms with E-state index in [-0.39, 0.29) is 35.0 Å². The first-order chi connectivity index (χ1) is 13.0. The van der Waals surface area contributed by atoms with Crippen molar-refractivity contribution in [3.05, 3.63) is 29.8 Å². The van der Waals surface area contributed by atoms with Gasteiger partial charge in [0.25, 0.3) is 0 Å². The SMILES string of the molecule is CCNC(=NCc1ccc(S(=O)(=O)NCC2CCCO2)cc1)NCCSC.I. The number of rotatable bonds is 10. The highest BCUT2D eigenvalue weighted by molar-refractivity contribution is 14.0. The van der Waals surface area contributed by atoms with Crippen LogP contribution in [0.2, 0.25) is 0 Å². The van der Waals surface area contributed by atoms with E-state index in [0.29, 0.717) is 19.7 Å². The molecule has 160 valence electrons. The van der Waals surface area contributed by atoms with Crippen LogP contribution in [0.5, 0.6) is 0 Å². The van der Waals surface area contributed by atoms with Crippen molar-refractivity contribution in [3.8, 4) is 0 Å². The van der Waals surface area contributed by atoms with Gasteiger partial charge in [-0.3, -0.25) is 0 Å². The number of hydrogen-bond donors (Lipinski definition) is 3. The highest BCUT2D eigenvalue weighted by Gasteiger charge is 2.20. The highest BCUT2D eigenvalue weighted by atomic mass is 127. The number of nitrogens with one attached hydrogen (secondary N) is 3. The molecule has 7 nitrogen and oxygen atoms in total. The van der Waals surface area contributed by atoms with Crippen molar-refractivity contribution in [3.63, 3.8) is 0 Å². The average Bonchev–Trinajstić information content (AvgIpc) is 3.19. The summed E-state index contributed by atoms with van der Waals surface area (Å²) in [5, 5.41) is 6.47. The molecule has 0 saturated carbocycles. The molecule has 0 spiro atoms. The van der Waals surface area contributed by atoms with Gasteiger partial charge in [0.15, 0.2) is 5.96 Å². The molecule has 1 unspecified atom stereocenters. The first-order valence-corrected chi connectivity index (χ1v) is 12.1. The Morgan fingerprint density at radius 1 is 1.29 bits per heavy atom. The van der Waals surface area contributed by atoms with Gasteiger partial charge in [-0.25, -0.2) is 18.1 Å². The van der Waals surface area contributed by atoms with Crippen LogP contribution < -0.4 is 15.4 Å². The number of nitrogens with zero attached hydrogens (tertiary/aromatic N) is 1. The molecule has 1 aliphatic heterocycles. The number of aliphatic imine (C=N–C) groups is 1. The Hall–Kier alpha value is -0.560. The summed E-state index contributed by atoms with van der Waals surface area (Å²) in [6.07, 6.45) is 3.94. The summed E-state index contributed by atoms with van der Waals surface area (Å²) in [6, 6.07) is 6.85. The van der Waals surface area contributed by atoms with Crippen LogP contribution in [0.1, 0.15) is 25.3 Å². The van der Waals surface area contributed by atoms with E-state index >= 15 is 0 Å². The minimum absolute atomic E-state index is 0. The highest BCUT2D eigenvalue weighted by Crippen LogP contribution is 2.14. The van der Waals surface area contributed by atoms with Crippen LogP contribution in [-0.4, -0.2) is 58.7 Å². The molecule has 0 radical (unpaired) electrons. The van der Waals surface area contributed by atoms with E-state index in [1.54, 1.807) is 36.0 Å². The molecule has 1 aromatic rings. The molecule has 1 fully saturated rings. The van der Waals surface area contributed by atoms with Gasteiger partial charge in [-0.05, 0) is 43.7 Å². The van der Waals surface area contributed by atoms with Gasteiger partial charge in [0.2, 0.25) is 10.0 Å². The van der Waals surface area contributed by atoms with Gasteiger partial charge in [-0.2, -0.15) is 11.8 Å². The fraction of sp³-hybridized carbons (Fsp3) is 0.611. The number of thioether (sulfide) groups is 1. The topological polar surface area (TPSA) is 91.8 Å². The van der Waals surface area contributed by atoms with E-state index in [2.05, 4.69) is 26.6 Å². The number of halogens is 1. The second-order valence-electron chi connectivity index (χ2n) is 6.25. The third-order valence-electron chi connectivity index (χ3n) is 4.12. The van der Waals surface area contributed by atoms with E-state index in [1.165, 1.54) is 0 Å². The molecule has 1 aliphatic rings. The molecule has 28 heavy (non-hydrogen) atoms. The maximum Gasteiger partial charge on any atom is 0.240 e. The molecule has 3 N–H and O–H groups in total. The van der Waals surface area contributed by atoms with Gasteiger partial charge in [0.05, 0.1) is 17.5 Å². The quantitative estimate of drug-likeness (QED) is 0.182. The third-order valence-corrected chi connectivity index (χ3v) is 6.17. The smallest absolute Gasteiger partial charge is 0.240 e. The lowest BCUT2D eigenvalue weighted by Crippen LogP contribution is -2.38. The van der Waals surface area contributed by atoms with E-state index in [9.17, 15) is 8.42 Å². The average molecular weight is 543 g/mol. The number of hydrogen-bond acceptors (Lipinski definition) is 5. The summed E-state index contributed by atoms with van der Waals surface area (Å²) in [5.41, 5.74) is 0.954. The number of ether oxygens (including phenoxy) is 1. The fourth-order valence-corrected chi connectivity index (χ4v) is 4.02. The van der Waals surface area contributed by atoms with Crippen molar-refractivity contribution in [2.45, 2.75) is 37.3 Å². The molecule has 0 aliphatic carbocycles. The summed E-state index contributed by atoms with van der Waals surface area (Å²) in [6.45, 7) is 5.18. The molecule has 1 heterocycles. The monoisotopic (exact) mass is 542 g/mol. The Kier molecular flexibility index (Phi) is 12.4. The number of guanidine groups is 1. The van der Waals surface area contributed by atoms with Crippen LogP contribution in [-0.2, 0) is 21.3 Å². The van der Waals surface area contributed by atoms with Crippen molar-refractivity contribution in [2.24, 2.45) is 4.99 Å². The van der Waals surface area contributed by atoms with Crippen molar-refractivity contribution >= 4 is 51.7 Å². The Bertz CT molecular complexity index is 693. The lowest BCUT2D eigenvalue weighted by atomic mass is 10.2. The van der Waals surface area contributed by atoms with Gasteiger partial charge in [0.1, 0.15) is 0 Å². The zero-order chi connectivity index (χ0) is 19.5. The van der Waals surface area contributed by atoms with Crippen LogP contribution in [0.25, 0.3) is 0 Å². The second kappa shape index (κ2) is 13.6. The summed E-state index contributed by atoms with van der Waals surface area (Å²) >= 11 is 1.78. The predicted octanol–water partition coefficient (Wildman–Crippen LogP) is 2.18. The zero-order valence-corrected chi connectivity index (χ0v) is 20.4. The largest absolute Gasteiger partial charge is 0.377 e. The molecule has 1 atom stereocenters. The van der Waals surface area contributed by atoms with Crippen molar-refractivity contribution in [1.82, 2.24) is 15.4 Å². The molecule has 1 aromatic carbocycles. The summed E-state index contributed by atoms with van der Waals surface area (Å²) < 4.78 is 32.9. The second-order valence-corrected chi connectivity index (χ2v) is 9.00. The van der Waals surface area contributed by atoms with Crippen LogP contribution in [0.3, 0.4) is 0 Å². The fourth-order valence-electron chi connectivity index (χ4n) is 2.65. The maximum absolute atomic E-state index is 12.4. The van der Waals surface area contributed by atoms with E-state index in [0.717, 1.165) is 43.2 Å². The Morgan fingerprint density at radius 2 is 2.04 bits per heavy atom. The summed E-state index contributed by atoms with van der Waals surface area (Å²) in [7, 11) is -3.51. The van der Waals surface area contributed by atoms with Crippen LogP contribution in [0, 0.1) is 0 Å². The molecular formula is C18H31IN4O3S2. The number of sulfonamides is 1.